The van der Waals surface area contributed by atoms with E-state index in [0.717, 1.165) is 21.2 Å². The van der Waals surface area contributed by atoms with Crippen molar-refractivity contribution in [2.24, 2.45) is 0 Å². The van der Waals surface area contributed by atoms with Crippen molar-refractivity contribution in [3.05, 3.63) is 28.1 Å². The largest absolute Gasteiger partial charge is 0.284 e. The summed E-state index contributed by atoms with van der Waals surface area (Å²) in [5.74, 6) is 0. The maximum atomic E-state index is 10.9. The zero-order valence-electron chi connectivity index (χ0n) is 9.15. The summed E-state index contributed by atoms with van der Waals surface area (Å²) in [5.41, 5.74) is 3.10. The molecule has 1 aromatic heterocycles. The third-order valence-corrected chi connectivity index (χ3v) is 3.83. The van der Waals surface area contributed by atoms with Crippen molar-refractivity contribution in [2.75, 3.05) is 11.7 Å². The first kappa shape index (κ1) is 12.6. The third-order valence-electron chi connectivity index (χ3n) is 2.12. The van der Waals surface area contributed by atoms with Crippen LogP contribution in [0, 0.1) is 6.92 Å². The molecule has 0 atom stereocenters. The highest BCUT2D eigenvalue weighted by atomic mass is 35.5. The van der Waals surface area contributed by atoms with Crippen LogP contribution in [0.3, 0.4) is 0 Å². The highest BCUT2D eigenvalue weighted by Gasteiger charge is 2.11. The molecule has 0 aliphatic rings. The monoisotopic (exact) mass is 291 g/mol. The van der Waals surface area contributed by atoms with Crippen molar-refractivity contribution in [1.29, 1.82) is 0 Å². The molecular formula is C10H10ClNO3S2. The van der Waals surface area contributed by atoms with Crippen molar-refractivity contribution in [3.63, 3.8) is 0 Å². The fourth-order valence-corrected chi connectivity index (χ4v) is 2.83. The van der Waals surface area contributed by atoms with Gasteiger partial charge in [0.1, 0.15) is 0 Å². The quantitative estimate of drug-likeness (QED) is 0.883. The second-order valence-corrected chi connectivity index (χ2v) is 6.83. The van der Waals surface area contributed by atoms with Gasteiger partial charge in [-0.3, -0.25) is 0 Å². The van der Waals surface area contributed by atoms with Crippen molar-refractivity contribution in [1.82, 2.24) is 0 Å². The smallest absolute Gasteiger partial charge is 0.248 e. The molecule has 0 aliphatic carbocycles. The molecule has 17 heavy (non-hydrogen) atoms. The van der Waals surface area contributed by atoms with Gasteiger partial charge in [-0.2, -0.15) is 12.7 Å². The molecule has 92 valence electrons. The molecule has 0 aliphatic heterocycles. The Balaban J connectivity index is 2.45. The Labute approximate surface area is 108 Å². The molecule has 0 saturated carbocycles. The van der Waals surface area contributed by atoms with E-state index < -0.39 is 10.1 Å². The number of halogens is 1. The SMILES string of the molecule is Cc1sc2ccc(Cl)cc2c1NOS(C)(=O)=O. The summed E-state index contributed by atoms with van der Waals surface area (Å²) in [7, 11) is -3.54. The average molecular weight is 292 g/mol. The van der Waals surface area contributed by atoms with E-state index in [-0.39, 0.29) is 0 Å². The Kier molecular flexibility index (Phi) is 3.31. The number of hydrogen-bond acceptors (Lipinski definition) is 5. The molecule has 4 nitrogen and oxygen atoms in total. The van der Waals surface area contributed by atoms with Gasteiger partial charge in [-0.15, -0.1) is 11.3 Å². The van der Waals surface area contributed by atoms with Gasteiger partial charge < -0.3 is 0 Å². The third kappa shape index (κ3) is 2.90. The molecule has 0 bridgehead atoms. The molecule has 2 rings (SSSR count). The lowest BCUT2D eigenvalue weighted by atomic mass is 10.2. The van der Waals surface area contributed by atoms with Crippen molar-refractivity contribution >= 4 is 48.8 Å². The lowest BCUT2D eigenvalue weighted by Gasteiger charge is -2.04. The second-order valence-electron chi connectivity index (χ2n) is 3.56. The van der Waals surface area contributed by atoms with Gasteiger partial charge >= 0.3 is 0 Å². The molecule has 0 saturated heterocycles. The highest BCUT2D eigenvalue weighted by molar-refractivity contribution is 7.86. The number of aryl methyl sites for hydroxylation is 1. The minimum atomic E-state index is -3.54. The number of nitrogens with one attached hydrogen (secondary N) is 1. The van der Waals surface area contributed by atoms with Crippen LogP contribution in [-0.4, -0.2) is 14.7 Å². The molecule has 0 radical (unpaired) electrons. The van der Waals surface area contributed by atoms with Gasteiger partial charge in [0.25, 0.3) is 10.1 Å². The molecule has 1 aromatic carbocycles. The van der Waals surface area contributed by atoms with Crippen LogP contribution in [0.2, 0.25) is 5.02 Å². The Morgan fingerprint density at radius 2 is 2.12 bits per heavy atom. The average Bonchev–Trinajstić information content (AvgIpc) is 2.49. The van der Waals surface area contributed by atoms with E-state index in [0.29, 0.717) is 10.7 Å². The number of fused-ring (bicyclic) bond motifs is 1. The Bertz CT molecular complexity index is 663. The van der Waals surface area contributed by atoms with Gasteiger partial charge in [-0.1, -0.05) is 11.6 Å². The highest BCUT2D eigenvalue weighted by Crippen LogP contribution is 2.36. The molecule has 0 fully saturated rings. The number of rotatable bonds is 3. The van der Waals surface area contributed by atoms with Crippen LogP contribution in [0.15, 0.2) is 18.2 Å². The van der Waals surface area contributed by atoms with E-state index in [2.05, 4.69) is 9.76 Å². The molecule has 1 heterocycles. The zero-order chi connectivity index (χ0) is 12.6. The van der Waals surface area contributed by atoms with E-state index in [9.17, 15) is 8.42 Å². The van der Waals surface area contributed by atoms with Crippen LogP contribution in [0.5, 0.6) is 0 Å². The molecule has 0 amide bonds. The Morgan fingerprint density at radius 1 is 1.41 bits per heavy atom. The van der Waals surface area contributed by atoms with Crippen LogP contribution < -0.4 is 5.48 Å². The normalized spacial score (nSPS) is 11.9. The summed E-state index contributed by atoms with van der Waals surface area (Å²) in [6.07, 6.45) is 0.983. The van der Waals surface area contributed by atoms with E-state index in [1.807, 2.05) is 13.0 Å². The van der Waals surface area contributed by atoms with E-state index in [4.69, 9.17) is 11.6 Å². The molecule has 0 spiro atoms. The summed E-state index contributed by atoms with van der Waals surface area (Å²) < 4.78 is 27.5. The van der Waals surface area contributed by atoms with Crippen molar-refractivity contribution < 1.29 is 12.7 Å². The van der Waals surface area contributed by atoms with Crippen molar-refractivity contribution in [3.8, 4) is 0 Å². The molecule has 0 unspecified atom stereocenters. The first-order valence-electron chi connectivity index (χ1n) is 4.70. The summed E-state index contributed by atoms with van der Waals surface area (Å²) in [6, 6.07) is 5.45. The minimum absolute atomic E-state index is 0.595. The van der Waals surface area contributed by atoms with Gasteiger partial charge in [-0.25, -0.2) is 5.48 Å². The molecule has 2 aromatic rings. The standard InChI is InChI=1S/C10H10ClNO3S2/c1-6-10(12-15-17(2,13)14)8-5-7(11)3-4-9(8)16-6/h3-5,12H,1-2H3. The topological polar surface area (TPSA) is 55.4 Å². The van der Waals surface area contributed by atoms with Gasteiger partial charge in [-0.05, 0) is 25.1 Å². The molecule has 7 heteroatoms. The predicted octanol–water partition coefficient (Wildman–Crippen LogP) is 3.17. The fourth-order valence-electron chi connectivity index (χ4n) is 1.44. The van der Waals surface area contributed by atoms with Crippen molar-refractivity contribution in [2.45, 2.75) is 6.92 Å². The lowest BCUT2D eigenvalue weighted by Crippen LogP contribution is -2.09. The van der Waals surface area contributed by atoms with Gasteiger partial charge in [0.05, 0.1) is 11.9 Å². The van der Waals surface area contributed by atoms with E-state index in [1.165, 1.54) is 0 Å². The summed E-state index contributed by atoms with van der Waals surface area (Å²) in [4.78, 5) is 0.936. The van der Waals surface area contributed by atoms with Crippen LogP contribution in [0.1, 0.15) is 4.88 Å². The van der Waals surface area contributed by atoms with Gasteiger partial charge in [0.15, 0.2) is 0 Å². The Hall–Kier alpha value is -0.820. The van der Waals surface area contributed by atoms with Crippen LogP contribution in [0.4, 0.5) is 5.69 Å². The summed E-state index contributed by atoms with van der Waals surface area (Å²) in [5, 5.41) is 1.45. The Morgan fingerprint density at radius 3 is 2.76 bits per heavy atom. The number of hydrogen-bond donors (Lipinski definition) is 1. The number of anilines is 1. The first-order valence-corrected chi connectivity index (χ1v) is 7.71. The first-order chi connectivity index (χ1) is 7.87. The van der Waals surface area contributed by atoms with Crippen LogP contribution in [-0.2, 0) is 14.4 Å². The van der Waals surface area contributed by atoms with E-state index >= 15 is 0 Å². The predicted molar refractivity (Wildman–Crippen MR) is 71.1 cm³/mol. The lowest BCUT2D eigenvalue weighted by molar-refractivity contribution is 0.396. The maximum absolute atomic E-state index is 10.9. The summed E-state index contributed by atoms with van der Waals surface area (Å²) in [6.45, 7) is 1.88. The fraction of sp³-hybridized carbons (Fsp3) is 0.200. The van der Waals surface area contributed by atoms with Crippen LogP contribution >= 0.6 is 22.9 Å². The minimum Gasteiger partial charge on any atom is -0.248 e. The van der Waals surface area contributed by atoms with Gasteiger partial charge in [0.2, 0.25) is 0 Å². The molecule has 1 N–H and O–H groups in total. The van der Waals surface area contributed by atoms with Gasteiger partial charge in [0, 0.05) is 20.0 Å². The number of benzene rings is 1. The zero-order valence-corrected chi connectivity index (χ0v) is 11.5. The molecular weight excluding hydrogens is 282 g/mol. The van der Waals surface area contributed by atoms with E-state index in [1.54, 1.807) is 23.5 Å². The number of thiophene rings is 1. The maximum Gasteiger partial charge on any atom is 0.284 e. The second kappa shape index (κ2) is 4.45. The van der Waals surface area contributed by atoms with Crippen LogP contribution in [0.25, 0.3) is 10.1 Å². The summed E-state index contributed by atoms with van der Waals surface area (Å²) >= 11 is 7.45.